The van der Waals surface area contributed by atoms with Gasteiger partial charge in [-0.05, 0) is 12.1 Å². The van der Waals surface area contributed by atoms with E-state index in [1.807, 2.05) is 30.5 Å². The Labute approximate surface area is 149 Å². The third-order valence-electron chi connectivity index (χ3n) is 4.47. The number of nitrogens with zero attached hydrogens (tertiary/aromatic N) is 3. The fourth-order valence-corrected chi connectivity index (χ4v) is 3.00. The van der Waals surface area contributed by atoms with Gasteiger partial charge in [0.15, 0.2) is 0 Å². The van der Waals surface area contributed by atoms with Crippen LogP contribution in [0.4, 0.5) is 5.69 Å². The highest BCUT2D eigenvalue weighted by Gasteiger charge is 2.16. The van der Waals surface area contributed by atoms with E-state index in [9.17, 15) is 0 Å². The van der Waals surface area contributed by atoms with Crippen LogP contribution in [0, 0.1) is 0 Å². The SMILES string of the molecule is COc1ccc(N2CCN(CC=Cc3ccccc3OC)CC2)cn1. The quantitative estimate of drug-likeness (QED) is 0.809. The number of hydrogen-bond donors (Lipinski definition) is 0. The number of aromatic nitrogens is 1. The second-order valence-electron chi connectivity index (χ2n) is 5.99. The van der Waals surface area contributed by atoms with Crippen molar-refractivity contribution in [2.24, 2.45) is 0 Å². The molecule has 0 amide bonds. The summed E-state index contributed by atoms with van der Waals surface area (Å²) in [5.74, 6) is 1.57. The smallest absolute Gasteiger partial charge is 0.213 e. The zero-order valence-electron chi connectivity index (χ0n) is 14.9. The first-order valence-corrected chi connectivity index (χ1v) is 8.57. The lowest BCUT2D eigenvalue weighted by molar-refractivity contribution is 0.284. The van der Waals surface area contributed by atoms with Crippen molar-refractivity contribution < 1.29 is 9.47 Å². The summed E-state index contributed by atoms with van der Waals surface area (Å²) in [7, 11) is 3.35. The standard InChI is InChI=1S/C20H25N3O2/c1-24-19-8-4-3-6-17(19)7-5-11-22-12-14-23(15-13-22)18-9-10-20(25-2)21-16-18/h3-10,16H,11-15H2,1-2H3. The molecule has 1 aliphatic rings. The number of hydrogen-bond acceptors (Lipinski definition) is 5. The van der Waals surface area contributed by atoms with Crippen LogP contribution in [0.15, 0.2) is 48.7 Å². The van der Waals surface area contributed by atoms with Crippen molar-refractivity contribution in [1.29, 1.82) is 0 Å². The molecular weight excluding hydrogens is 314 g/mol. The molecule has 0 saturated carbocycles. The van der Waals surface area contributed by atoms with Gasteiger partial charge in [-0.2, -0.15) is 0 Å². The van der Waals surface area contributed by atoms with Gasteiger partial charge < -0.3 is 14.4 Å². The Morgan fingerprint density at radius 1 is 1.00 bits per heavy atom. The molecule has 25 heavy (non-hydrogen) atoms. The summed E-state index contributed by atoms with van der Waals surface area (Å²) in [4.78, 5) is 9.12. The molecule has 1 aliphatic heterocycles. The second-order valence-corrected chi connectivity index (χ2v) is 5.99. The molecule has 0 aliphatic carbocycles. The predicted octanol–water partition coefficient (Wildman–Crippen LogP) is 2.93. The van der Waals surface area contributed by atoms with Crippen molar-refractivity contribution in [1.82, 2.24) is 9.88 Å². The number of ether oxygens (including phenoxy) is 2. The Balaban J connectivity index is 1.49. The van der Waals surface area contributed by atoms with Crippen LogP contribution in [0.2, 0.25) is 0 Å². The third kappa shape index (κ3) is 4.51. The minimum absolute atomic E-state index is 0.656. The summed E-state index contributed by atoms with van der Waals surface area (Å²) in [6, 6.07) is 12.1. The van der Waals surface area contributed by atoms with Gasteiger partial charge in [0.05, 0.1) is 26.1 Å². The Kier molecular flexibility index (Phi) is 5.90. The van der Waals surface area contributed by atoms with Crippen LogP contribution in [0.5, 0.6) is 11.6 Å². The summed E-state index contributed by atoms with van der Waals surface area (Å²) in [6.07, 6.45) is 6.23. The molecule has 5 nitrogen and oxygen atoms in total. The van der Waals surface area contributed by atoms with Crippen molar-refractivity contribution in [3.8, 4) is 11.6 Å². The highest BCUT2D eigenvalue weighted by atomic mass is 16.5. The van der Waals surface area contributed by atoms with E-state index in [1.165, 1.54) is 0 Å². The Bertz CT molecular complexity index is 692. The molecule has 1 fully saturated rings. The van der Waals surface area contributed by atoms with Crippen molar-refractivity contribution >= 4 is 11.8 Å². The zero-order valence-corrected chi connectivity index (χ0v) is 14.9. The molecule has 3 rings (SSSR count). The monoisotopic (exact) mass is 339 g/mol. The highest BCUT2D eigenvalue weighted by molar-refractivity contribution is 5.57. The number of piperazine rings is 1. The number of pyridine rings is 1. The predicted molar refractivity (Wildman–Crippen MR) is 101 cm³/mol. The lowest BCUT2D eigenvalue weighted by Gasteiger charge is -2.35. The van der Waals surface area contributed by atoms with Gasteiger partial charge in [-0.25, -0.2) is 4.98 Å². The van der Waals surface area contributed by atoms with E-state index in [-0.39, 0.29) is 0 Å². The van der Waals surface area contributed by atoms with Gasteiger partial charge in [0, 0.05) is 44.4 Å². The average molecular weight is 339 g/mol. The minimum atomic E-state index is 0.656. The van der Waals surface area contributed by atoms with Crippen LogP contribution < -0.4 is 14.4 Å². The van der Waals surface area contributed by atoms with Crippen molar-refractivity contribution in [3.63, 3.8) is 0 Å². The molecular formula is C20H25N3O2. The van der Waals surface area contributed by atoms with Gasteiger partial charge in [-0.1, -0.05) is 30.4 Å². The molecule has 0 unspecified atom stereocenters. The fraction of sp³-hybridized carbons (Fsp3) is 0.350. The summed E-state index contributed by atoms with van der Waals surface area (Å²) in [5, 5.41) is 0. The van der Waals surface area contributed by atoms with E-state index in [2.05, 4.69) is 39.1 Å². The van der Waals surface area contributed by atoms with Crippen LogP contribution in [0.3, 0.4) is 0 Å². The van der Waals surface area contributed by atoms with E-state index in [4.69, 9.17) is 9.47 Å². The molecule has 0 radical (unpaired) electrons. The van der Waals surface area contributed by atoms with E-state index in [0.29, 0.717) is 5.88 Å². The number of benzene rings is 1. The topological polar surface area (TPSA) is 37.8 Å². The fourth-order valence-electron chi connectivity index (χ4n) is 3.00. The van der Waals surface area contributed by atoms with Crippen LogP contribution in [-0.2, 0) is 0 Å². The molecule has 2 heterocycles. The maximum Gasteiger partial charge on any atom is 0.213 e. The largest absolute Gasteiger partial charge is 0.496 e. The summed E-state index contributed by atoms with van der Waals surface area (Å²) in [6.45, 7) is 5.06. The lowest BCUT2D eigenvalue weighted by Crippen LogP contribution is -2.46. The molecule has 1 aromatic carbocycles. The number of anilines is 1. The van der Waals surface area contributed by atoms with Gasteiger partial charge in [-0.15, -0.1) is 0 Å². The van der Waals surface area contributed by atoms with Gasteiger partial charge >= 0.3 is 0 Å². The first-order chi connectivity index (χ1) is 12.3. The number of rotatable bonds is 6. The van der Waals surface area contributed by atoms with Crippen molar-refractivity contribution in [2.45, 2.75) is 0 Å². The lowest BCUT2D eigenvalue weighted by atomic mass is 10.2. The second kappa shape index (κ2) is 8.53. The molecule has 0 atom stereocenters. The summed E-state index contributed by atoms with van der Waals surface area (Å²) < 4.78 is 10.5. The molecule has 0 spiro atoms. The van der Waals surface area contributed by atoms with Gasteiger partial charge in [0.25, 0.3) is 0 Å². The maximum atomic E-state index is 5.38. The zero-order chi connectivity index (χ0) is 17.5. The van der Waals surface area contributed by atoms with Crippen LogP contribution in [0.1, 0.15) is 5.56 Å². The molecule has 1 saturated heterocycles. The molecule has 5 heteroatoms. The third-order valence-corrected chi connectivity index (χ3v) is 4.47. The molecule has 0 N–H and O–H groups in total. The molecule has 2 aromatic rings. The molecule has 1 aromatic heterocycles. The van der Waals surface area contributed by atoms with Crippen molar-refractivity contribution in [2.75, 3.05) is 51.8 Å². The molecule has 132 valence electrons. The van der Waals surface area contributed by atoms with E-state index < -0.39 is 0 Å². The van der Waals surface area contributed by atoms with Crippen LogP contribution in [-0.4, -0.2) is 56.8 Å². The normalized spacial score (nSPS) is 15.5. The number of methoxy groups -OCH3 is 2. The number of para-hydroxylation sites is 1. The Morgan fingerprint density at radius 3 is 2.48 bits per heavy atom. The minimum Gasteiger partial charge on any atom is -0.496 e. The van der Waals surface area contributed by atoms with Gasteiger partial charge in [0.2, 0.25) is 5.88 Å². The van der Waals surface area contributed by atoms with E-state index in [0.717, 1.165) is 49.7 Å². The van der Waals surface area contributed by atoms with Crippen LogP contribution in [0.25, 0.3) is 6.08 Å². The summed E-state index contributed by atoms with van der Waals surface area (Å²) >= 11 is 0. The maximum absolute atomic E-state index is 5.38. The van der Waals surface area contributed by atoms with E-state index in [1.54, 1.807) is 14.2 Å². The van der Waals surface area contributed by atoms with E-state index >= 15 is 0 Å². The molecule has 0 bridgehead atoms. The Morgan fingerprint density at radius 2 is 1.80 bits per heavy atom. The van der Waals surface area contributed by atoms with Gasteiger partial charge in [-0.3, -0.25) is 4.90 Å². The van der Waals surface area contributed by atoms with Crippen molar-refractivity contribution in [3.05, 3.63) is 54.2 Å². The van der Waals surface area contributed by atoms with Crippen LogP contribution >= 0.6 is 0 Å². The first-order valence-electron chi connectivity index (χ1n) is 8.57. The first kappa shape index (κ1) is 17.3. The van der Waals surface area contributed by atoms with Gasteiger partial charge in [0.1, 0.15) is 5.75 Å². The Hall–Kier alpha value is -2.53. The average Bonchev–Trinajstić information content (AvgIpc) is 2.69. The summed E-state index contributed by atoms with van der Waals surface area (Å²) in [5.41, 5.74) is 2.28. The highest BCUT2D eigenvalue weighted by Crippen LogP contribution is 2.20.